The third kappa shape index (κ3) is 2.67. The lowest BCUT2D eigenvalue weighted by atomic mass is 9.97. The van der Waals surface area contributed by atoms with Crippen LogP contribution in [0.25, 0.3) is 10.8 Å². The maximum Gasteiger partial charge on any atom is 0.138 e. The van der Waals surface area contributed by atoms with Crippen molar-refractivity contribution >= 4 is 10.8 Å². The van der Waals surface area contributed by atoms with Gasteiger partial charge < -0.3 is 5.73 Å². The van der Waals surface area contributed by atoms with E-state index in [1.165, 1.54) is 10.8 Å². The van der Waals surface area contributed by atoms with E-state index in [2.05, 4.69) is 60.3 Å². The summed E-state index contributed by atoms with van der Waals surface area (Å²) in [5.41, 5.74) is 7.60. The van der Waals surface area contributed by atoms with Gasteiger partial charge in [0, 0.05) is 18.5 Å². The molecule has 0 saturated heterocycles. The first-order valence-electron chi connectivity index (χ1n) is 7.28. The average Bonchev–Trinajstić information content (AvgIpc) is 2.95. The van der Waals surface area contributed by atoms with Crippen LogP contribution in [-0.4, -0.2) is 14.8 Å². The fourth-order valence-electron chi connectivity index (χ4n) is 2.73. The highest BCUT2D eigenvalue weighted by molar-refractivity contribution is 5.86. The van der Waals surface area contributed by atoms with Crippen LogP contribution in [-0.2, 0) is 6.42 Å². The Morgan fingerprint density at radius 2 is 1.86 bits per heavy atom. The number of benzene rings is 2. The standard InChI is InChI=1S/C17H20N4/c1-12(2)21-17(19-11-20-21)10-16(18)15-9-5-7-13-6-3-4-8-14(13)15/h3-9,11-12,16H,10,18H2,1-2H3. The molecule has 3 rings (SSSR count). The van der Waals surface area contributed by atoms with Crippen LogP contribution in [0.5, 0.6) is 0 Å². The van der Waals surface area contributed by atoms with Crippen molar-refractivity contribution in [3.63, 3.8) is 0 Å². The second kappa shape index (κ2) is 5.66. The minimum atomic E-state index is -0.0854. The van der Waals surface area contributed by atoms with Crippen LogP contribution in [0, 0.1) is 0 Å². The van der Waals surface area contributed by atoms with E-state index in [0.717, 1.165) is 11.4 Å². The summed E-state index contributed by atoms with van der Waals surface area (Å²) in [5, 5.41) is 6.70. The normalized spacial score (nSPS) is 13.0. The monoisotopic (exact) mass is 280 g/mol. The summed E-state index contributed by atoms with van der Waals surface area (Å²) in [5.74, 6) is 0.936. The molecule has 0 amide bonds. The highest BCUT2D eigenvalue weighted by Crippen LogP contribution is 2.25. The number of hydrogen-bond acceptors (Lipinski definition) is 3. The fraction of sp³-hybridized carbons (Fsp3) is 0.294. The predicted molar refractivity (Wildman–Crippen MR) is 85.0 cm³/mol. The Morgan fingerprint density at radius 1 is 1.10 bits per heavy atom. The van der Waals surface area contributed by atoms with E-state index in [1.54, 1.807) is 6.33 Å². The molecule has 1 atom stereocenters. The summed E-state index contributed by atoms with van der Waals surface area (Å²) in [6, 6.07) is 14.8. The molecule has 0 aliphatic rings. The lowest BCUT2D eigenvalue weighted by Crippen LogP contribution is -2.18. The summed E-state index contributed by atoms with van der Waals surface area (Å²) in [6.07, 6.45) is 2.29. The van der Waals surface area contributed by atoms with Gasteiger partial charge in [0.1, 0.15) is 12.2 Å². The molecule has 0 aliphatic heterocycles. The molecule has 4 heteroatoms. The molecule has 1 heterocycles. The Morgan fingerprint density at radius 3 is 2.67 bits per heavy atom. The summed E-state index contributed by atoms with van der Waals surface area (Å²) < 4.78 is 1.94. The second-order valence-corrected chi connectivity index (χ2v) is 5.59. The van der Waals surface area contributed by atoms with E-state index in [9.17, 15) is 0 Å². The van der Waals surface area contributed by atoms with Gasteiger partial charge in [0.15, 0.2) is 0 Å². The predicted octanol–water partition coefficient (Wildman–Crippen LogP) is 3.25. The van der Waals surface area contributed by atoms with Gasteiger partial charge in [-0.25, -0.2) is 9.67 Å². The van der Waals surface area contributed by atoms with Gasteiger partial charge in [-0.05, 0) is 30.2 Å². The third-order valence-corrected chi connectivity index (χ3v) is 3.76. The van der Waals surface area contributed by atoms with Gasteiger partial charge in [-0.2, -0.15) is 5.10 Å². The van der Waals surface area contributed by atoms with Gasteiger partial charge in [0.2, 0.25) is 0 Å². The van der Waals surface area contributed by atoms with Gasteiger partial charge in [0.05, 0.1) is 0 Å². The smallest absolute Gasteiger partial charge is 0.138 e. The maximum atomic E-state index is 6.44. The zero-order valence-corrected chi connectivity index (χ0v) is 12.4. The minimum Gasteiger partial charge on any atom is -0.324 e. The molecular weight excluding hydrogens is 260 g/mol. The Hall–Kier alpha value is -2.20. The van der Waals surface area contributed by atoms with Crippen LogP contribution in [0.2, 0.25) is 0 Å². The third-order valence-electron chi connectivity index (χ3n) is 3.76. The molecule has 0 saturated carbocycles. The Labute approximate surface area is 124 Å². The highest BCUT2D eigenvalue weighted by Gasteiger charge is 2.15. The van der Waals surface area contributed by atoms with Crippen molar-refractivity contribution in [3.8, 4) is 0 Å². The van der Waals surface area contributed by atoms with Gasteiger partial charge in [-0.3, -0.25) is 0 Å². The summed E-state index contributed by atoms with van der Waals surface area (Å²) in [4.78, 5) is 4.35. The van der Waals surface area contributed by atoms with Crippen molar-refractivity contribution in [2.45, 2.75) is 32.4 Å². The molecule has 2 N–H and O–H groups in total. The molecule has 0 bridgehead atoms. The Kier molecular flexibility index (Phi) is 3.71. The summed E-state index contributed by atoms with van der Waals surface area (Å²) >= 11 is 0. The van der Waals surface area contributed by atoms with Gasteiger partial charge in [-0.15, -0.1) is 0 Å². The van der Waals surface area contributed by atoms with E-state index in [0.29, 0.717) is 12.5 Å². The largest absolute Gasteiger partial charge is 0.324 e. The van der Waals surface area contributed by atoms with Crippen LogP contribution in [0.3, 0.4) is 0 Å². The molecule has 0 aliphatic carbocycles. The van der Waals surface area contributed by atoms with Crippen molar-refractivity contribution in [1.29, 1.82) is 0 Å². The quantitative estimate of drug-likeness (QED) is 0.798. The summed E-state index contributed by atoms with van der Waals surface area (Å²) in [7, 11) is 0. The molecule has 108 valence electrons. The molecule has 0 spiro atoms. The van der Waals surface area contributed by atoms with Crippen molar-refractivity contribution in [3.05, 3.63) is 60.2 Å². The number of fused-ring (bicyclic) bond motifs is 1. The van der Waals surface area contributed by atoms with Crippen LogP contribution >= 0.6 is 0 Å². The lowest BCUT2D eigenvalue weighted by Gasteiger charge is -2.16. The molecule has 0 fully saturated rings. The molecular formula is C17H20N4. The first-order valence-corrected chi connectivity index (χ1v) is 7.28. The highest BCUT2D eigenvalue weighted by atomic mass is 15.3. The Balaban J connectivity index is 1.94. The average molecular weight is 280 g/mol. The van der Waals surface area contributed by atoms with E-state index in [1.807, 2.05) is 10.7 Å². The van der Waals surface area contributed by atoms with Crippen molar-refractivity contribution in [1.82, 2.24) is 14.8 Å². The molecule has 1 unspecified atom stereocenters. The number of hydrogen-bond donors (Lipinski definition) is 1. The summed E-state index contributed by atoms with van der Waals surface area (Å²) in [6.45, 7) is 4.20. The first kappa shape index (κ1) is 13.8. The number of aromatic nitrogens is 3. The van der Waals surface area contributed by atoms with Gasteiger partial charge in [0.25, 0.3) is 0 Å². The van der Waals surface area contributed by atoms with Gasteiger partial charge >= 0.3 is 0 Å². The fourth-order valence-corrected chi connectivity index (χ4v) is 2.73. The zero-order chi connectivity index (χ0) is 14.8. The van der Waals surface area contributed by atoms with E-state index in [4.69, 9.17) is 5.73 Å². The zero-order valence-electron chi connectivity index (χ0n) is 12.4. The van der Waals surface area contributed by atoms with Crippen LogP contribution in [0.15, 0.2) is 48.8 Å². The lowest BCUT2D eigenvalue weighted by molar-refractivity contribution is 0.493. The second-order valence-electron chi connectivity index (χ2n) is 5.59. The van der Waals surface area contributed by atoms with Gasteiger partial charge in [-0.1, -0.05) is 42.5 Å². The molecule has 3 aromatic rings. The van der Waals surface area contributed by atoms with Crippen molar-refractivity contribution < 1.29 is 0 Å². The van der Waals surface area contributed by atoms with Crippen molar-refractivity contribution in [2.24, 2.45) is 5.73 Å². The molecule has 1 aromatic heterocycles. The molecule has 0 radical (unpaired) electrons. The molecule has 2 aromatic carbocycles. The SMILES string of the molecule is CC(C)n1ncnc1CC(N)c1cccc2ccccc12. The minimum absolute atomic E-state index is 0.0854. The number of nitrogens with two attached hydrogens (primary N) is 1. The van der Waals surface area contributed by atoms with Crippen LogP contribution in [0.4, 0.5) is 0 Å². The molecule has 4 nitrogen and oxygen atoms in total. The van der Waals surface area contributed by atoms with E-state index in [-0.39, 0.29) is 6.04 Å². The van der Waals surface area contributed by atoms with Crippen LogP contribution < -0.4 is 5.73 Å². The first-order chi connectivity index (χ1) is 10.2. The topological polar surface area (TPSA) is 56.7 Å². The maximum absolute atomic E-state index is 6.44. The molecule has 21 heavy (non-hydrogen) atoms. The van der Waals surface area contributed by atoms with E-state index < -0.39 is 0 Å². The number of rotatable bonds is 4. The van der Waals surface area contributed by atoms with Crippen molar-refractivity contribution in [2.75, 3.05) is 0 Å². The number of nitrogens with zero attached hydrogens (tertiary/aromatic N) is 3. The van der Waals surface area contributed by atoms with E-state index >= 15 is 0 Å². The van der Waals surface area contributed by atoms with Crippen LogP contribution in [0.1, 0.15) is 37.3 Å². The Bertz CT molecular complexity index is 740.